The summed E-state index contributed by atoms with van der Waals surface area (Å²) >= 11 is 0. The third-order valence-corrected chi connectivity index (χ3v) is 2.83. The van der Waals surface area contributed by atoms with Crippen LogP contribution < -0.4 is 5.32 Å². The van der Waals surface area contributed by atoms with Crippen LogP contribution >= 0.6 is 0 Å². The van der Waals surface area contributed by atoms with Gasteiger partial charge in [-0.05, 0) is 6.42 Å². The van der Waals surface area contributed by atoms with Crippen LogP contribution in [0.1, 0.15) is 40.0 Å². The molecule has 0 aliphatic carbocycles. The van der Waals surface area contributed by atoms with E-state index in [1.807, 2.05) is 20.8 Å². The van der Waals surface area contributed by atoms with Crippen molar-refractivity contribution in [2.45, 2.75) is 40.0 Å². The van der Waals surface area contributed by atoms with E-state index < -0.39 is 5.41 Å². The van der Waals surface area contributed by atoms with Gasteiger partial charge in [0.2, 0.25) is 11.8 Å². The maximum absolute atomic E-state index is 11.8. The Morgan fingerprint density at radius 1 is 1.15 bits per heavy atom. The Hall–Kier alpha value is -1.59. The molecule has 6 heteroatoms. The molecule has 0 aromatic heterocycles. The number of ether oxygens (including phenoxy) is 1. The number of hydrogen-bond donors (Lipinski definition) is 1. The first-order chi connectivity index (χ1) is 9.18. The summed E-state index contributed by atoms with van der Waals surface area (Å²) < 4.78 is 4.53. The van der Waals surface area contributed by atoms with Crippen molar-refractivity contribution in [3.63, 3.8) is 0 Å². The van der Waals surface area contributed by atoms with Gasteiger partial charge in [-0.3, -0.25) is 14.4 Å². The number of nitrogens with zero attached hydrogens (tertiary/aromatic N) is 1. The molecule has 0 fully saturated rings. The summed E-state index contributed by atoms with van der Waals surface area (Å²) in [6, 6.07) is 0. The highest BCUT2D eigenvalue weighted by Crippen LogP contribution is 2.12. The van der Waals surface area contributed by atoms with E-state index >= 15 is 0 Å². The van der Waals surface area contributed by atoms with Crippen LogP contribution in [-0.2, 0) is 19.1 Å². The molecule has 0 bridgehead atoms. The second-order valence-electron chi connectivity index (χ2n) is 5.75. The number of carbonyl (C=O) groups is 3. The molecule has 0 heterocycles. The number of amides is 2. The van der Waals surface area contributed by atoms with Crippen molar-refractivity contribution in [2.24, 2.45) is 5.41 Å². The third kappa shape index (κ3) is 7.76. The van der Waals surface area contributed by atoms with Crippen LogP contribution in [0.2, 0.25) is 0 Å². The van der Waals surface area contributed by atoms with Gasteiger partial charge >= 0.3 is 5.97 Å². The summed E-state index contributed by atoms with van der Waals surface area (Å²) in [5, 5.41) is 2.73. The van der Waals surface area contributed by atoms with Crippen LogP contribution in [0.4, 0.5) is 0 Å². The Bertz CT molecular complexity index is 348. The molecule has 0 aliphatic heterocycles. The van der Waals surface area contributed by atoms with Gasteiger partial charge in [-0.15, -0.1) is 0 Å². The molecule has 20 heavy (non-hydrogen) atoms. The van der Waals surface area contributed by atoms with Crippen molar-refractivity contribution in [1.29, 1.82) is 0 Å². The standard InChI is InChI=1S/C14H26N2O4/c1-14(2,3)13(19)15-9-8-11(17)16(4)10-6-7-12(18)20-5/h6-10H2,1-5H3,(H,15,19). The molecule has 0 aromatic rings. The van der Waals surface area contributed by atoms with E-state index in [1.165, 1.54) is 7.11 Å². The molecule has 6 nitrogen and oxygen atoms in total. The molecule has 0 saturated carbocycles. The van der Waals surface area contributed by atoms with Crippen LogP contribution in [-0.4, -0.2) is 49.9 Å². The predicted molar refractivity (Wildman–Crippen MR) is 76.0 cm³/mol. The normalized spacial score (nSPS) is 10.8. The van der Waals surface area contributed by atoms with Gasteiger partial charge < -0.3 is 15.0 Å². The SMILES string of the molecule is COC(=O)CCCN(C)C(=O)CCNC(=O)C(C)(C)C. The summed E-state index contributed by atoms with van der Waals surface area (Å²) in [4.78, 5) is 35.9. The van der Waals surface area contributed by atoms with Gasteiger partial charge in [0.1, 0.15) is 0 Å². The monoisotopic (exact) mass is 286 g/mol. The summed E-state index contributed by atoms with van der Waals surface area (Å²) in [6.07, 6.45) is 1.13. The lowest BCUT2D eigenvalue weighted by Gasteiger charge is -2.19. The molecule has 2 amide bonds. The van der Waals surface area contributed by atoms with Gasteiger partial charge in [-0.1, -0.05) is 20.8 Å². The smallest absolute Gasteiger partial charge is 0.305 e. The van der Waals surface area contributed by atoms with E-state index in [1.54, 1.807) is 11.9 Å². The fourth-order valence-corrected chi connectivity index (χ4v) is 1.43. The Kier molecular flexibility index (Phi) is 7.87. The molecule has 116 valence electrons. The van der Waals surface area contributed by atoms with Crippen molar-refractivity contribution in [1.82, 2.24) is 10.2 Å². The van der Waals surface area contributed by atoms with Crippen LogP contribution in [0.5, 0.6) is 0 Å². The molecule has 0 aromatic carbocycles. The number of methoxy groups -OCH3 is 1. The van der Waals surface area contributed by atoms with Crippen molar-refractivity contribution < 1.29 is 19.1 Å². The highest BCUT2D eigenvalue weighted by atomic mass is 16.5. The zero-order valence-electron chi connectivity index (χ0n) is 13.1. The van der Waals surface area contributed by atoms with E-state index in [-0.39, 0.29) is 24.2 Å². The van der Waals surface area contributed by atoms with Gasteiger partial charge in [0, 0.05) is 38.4 Å². The van der Waals surface area contributed by atoms with E-state index in [9.17, 15) is 14.4 Å². The highest BCUT2D eigenvalue weighted by Gasteiger charge is 2.20. The van der Waals surface area contributed by atoms with E-state index in [2.05, 4.69) is 10.1 Å². The maximum Gasteiger partial charge on any atom is 0.305 e. The minimum Gasteiger partial charge on any atom is -0.469 e. The minimum atomic E-state index is -0.449. The van der Waals surface area contributed by atoms with Crippen molar-refractivity contribution in [2.75, 3.05) is 27.2 Å². The molecular weight excluding hydrogens is 260 g/mol. The van der Waals surface area contributed by atoms with E-state index in [4.69, 9.17) is 0 Å². The van der Waals surface area contributed by atoms with Gasteiger partial charge in [0.15, 0.2) is 0 Å². The lowest BCUT2D eigenvalue weighted by Crippen LogP contribution is -2.37. The highest BCUT2D eigenvalue weighted by molar-refractivity contribution is 5.82. The molecule has 0 aliphatic rings. The number of esters is 1. The molecule has 0 atom stereocenters. The Balaban J connectivity index is 3.86. The van der Waals surface area contributed by atoms with E-state index in [0.717, 1.165) is 0 Å². The molecular formula is C14H26N2O4. The lowest BCUT2D eigenvalue weighted by atomic mass is 9.96. The molecule has 0 unspecified atom stereocenters. The van der Waals surface area contributed by atoms with Crippen LogP contribution in [0.15, 0.2) is 0 Å². The fraction of sp³-hybridized carbons (Fsp3) is 0.786. The molecule has 0 rings (SSSR count). The summed E-state index contributed by atoms with van der Waals surface area (Å²) in [5.74, 6) is -0.397. The van der Waals surface area contributed by atoms with E-state index in [0.29, 0.717) is 25.9 Å². The summed E-state index contributed by atoms with van der Waals surface area (Å²) in [7, 11) is 3.03. The van der Waals surface area contributed by atoms with Crippen molar-refractivity contribution >= 4 is 17.8 Å². The Labute approximate surface area is 120 Å². The summed E-state index contributed by atoms with van der Waals surface area (Å²) in [5.41, 5.74) is -0.449. The van der Waals surface area contributed by atoms with Crippen molar-refractivity contribution in [3.05, 3.63) is 0 Å². The molecule has 0 spiro atoms. The van der Waals surface area contributed by atoms with Crippen molar-refractivity contribution in [3.8, 4) is 0 Å². The van der Waals surface area contributed by atoms with Gasteiger partial charge in [-0.2, -0.15) is 0 Å². The zero-order valence-corrected chi connectivity index (χ0v) is 13.1. The summed E-state index contributed by atoms with van der Waals surface area (Å²) in [6.45, 7) is 6.30. The van der Waals surface area contributed by atoms with Gasteiger partial charge in [0.25, 0.3) is 0 Å². The third-order valence-electron chi connectivity index (χ3n) is 2.83. The lowest BCUT2D eigenvalue weighted by molar-refractivity contribution is -0.141. The quantitative estimate of drug-likeness (QED) is 0.707. The molecule has 1 N–H and O–H groups in total. The first kappa shape index (κ1) is 18.4. The second-order valence-corrected chi connectivity index (χ2v) is 5.75. The first-order valence-corrected chi connectivity index (χ1v) is 6.77. The zero-order chi connectivity index (χ0) is 15.8. The van der Waals surface area contributed by atoms with Crippen LogP contribution in [0.3, 0.4) is 0 Å². The molecule has 0 saturated heterocycles. The fourth-order valence-electron chi connectivity index (χ4n) is 1.43. The second kappa shape index (κ2) is 8.55. The number of carbonyl (C=O) groups excluding carboxylic acids is 3. The Morgan fingerprint density at radius 2 is 1.75 bits per heavy atom. The first-order valence-electron chi connectivity index (χ1n) is 6.77. The number of nitrogens with one attached hydrogen (secondary N) is 1. The predicted octanol–water partition coefficient (Wildman–Crippen LogP) is 0.950. The van der Waals surface area contributed by atoms with Gasteiger partial charge in [0.05, 0.1) is 7.11 Å². The number of rotatable bonds is 7. The average Bonchev–Trinajstić information content (AvgIpc) is 2.36. The average molecular weight is 286 g/mol. The maximum atomic E-state index is 11.8. The topological polar surface area (TPSA) is 75.7 Å². The number of hydrogen-bond acceptors (Lipinski definition) is 4. The minimum absolute atomic E-state index is 0.0518. The molecule has 0 radical (unpaired) electrons. The largest absolute Gasteiger partial charge is 0.469 e. The Morgan fingerprint density at radius 3 is 2.25 bits per heavy atom. The van der Waals surface area contributed by atoms with Gasteiger partial charge in [-0.25, -0.2) is 0 Å². The van der Waals surface area contributed by atoms with Crippen LogP contribution in [0.25, 0.3) is 0 Å². The van der Waals surface area contributed by atoms with Crippen LogP contribution in [0, 0.1) is 5.41 Å².